The zero-order valence-corrected chi connectivity index (χ0v) is 17.2. The Morgan fingerprint density at radius 1 is 1.26 bits per heavy atom. The number of likely N-dealkylation sites (N-methyl/N-ethyl adjacent to an activating group) is 1. The number of nitrogens with zero attached hydrogens (tertiary/aromatic N) is 2. The van der Waals surface area contributed by atoms with E-state index in [9.17, 15) is 18.5 Å². The summed E-state index contributed by atoms with van der Waals surface area (Å²) in [5.74, 6) is 0.458. The molecule has 0 aliphatic heterocycles. The molecule has 0 bridgehead atoms. The number of sulfonamides is 1. The Bertz CT molecular complexity index is 707. The lowest BCUT2D eigenvalue weighted by Crippen LogP contribution is -2.31. The summed E-state index contributed by atoms with van der Waals surface area (Å²) < 4.78 is 32.5. The van der Waals surface area contributed by atoms with Gasteiger partial charge in [-0.2, -0.15) is 0 Å². The van der Waals surface area contributed by atoms with Crippen molar-refractivity contribution >= 4 is 21.4 Å². The van der Waals surface area contributed by atoms with Crippen LogP contribution >= 0.6 is 0 Å². The third-order valence-corrected chi connectivity index (χ3v) is 5.02. The molecule has 9 nitrogen and oxygen atoms in total. The van der Waals surface area contributed by atoms with Gasteiger partial charge in [0.2, 0.25) is 10.0 Å². The molecule has 1 aromatic rings. The first kappa shape index (κ1) is 23.3. The summed E-state index contributed by atoms with van der Waals surface area (Å²) in [6, 6.07) is 3.87. The van der Waals surface area contributed by atoms with Crippen LogP contribution in [0.25, 0.3) is 0 Å². The SMILES string of the molecule is CC(C)COCCCNc1ccc(S(=O)(=O)NCCN(C)C)cc1[N+](=O)[O-]. The van der Waals surface area contributed by atoms with Crippen molar-refractivity contribution in [3.05, 3.63) is 28.3 Å². The van der Waals surface area contributed by atoms with Gasteiger partial charge in [-0.25, -0.2) is 13.1 Å². The van der Waals surface area contributed by atoms with E-state index in [0.29, 0.717) is 38.6 Å². The second kappa shape index (κ2) is 11.2. The first-order chi connectivity index (χ1) is 12.6. The van der Waals surface area contributed by atoms with Gasteiger partial charge in [-0.05, 0) is 38.6 Å². The van der Waals surface area contributed by atoms with Gasteiger partial charge in [-0.3, -0.25) is 10.1 Å². The summed E-state index contributed by atoms with van der Waals surface area (Å²) in [5.41, 5.74) is 0.0182. The van der Waals surface area contributed by atoms with Crippen LogP contribution < -0.4 is 10.0 Å². The van der Waals surface area contributed by atoms with E-state index >= 15 is 0 Å². The molecule has 27 heavy (non-hydrogen) atoms. The lowest BCUT2D eigenvalue weighted by Gasteiger charge is -2.12. The number of anilines is 1. The fourth-order valence-electron chi connectivity index (χ4n) is 2.18. The van der Waals surface area contributed by atoms with Crippen LogP contribution in [0.5, 0.6) is 0 Å². The number of hydrogen-bond donors (Lipinski definition) is 2. The van der Waals surface area contributed by atoms with E-state index in [1.165, 1.54) is 12.1 Å². The van der Waals surface area contributed by atoms with Gasteiger partial charge >= 0.3 is 0 Å². The standard InChI is InChI=1S/C17H30N4O5S/c1-14(2)13-26-11-5-8-18-16-7-6-15(12-17(16)21(22)23)27(24,25)19-9-10-20(3)4/h6-7,12,14,18-19H,5,8-11,13H2,1-4H3. The molecule has 0 aromatic heterocycles. The van der Waals surface area contributed by atoms with Crippen LogP contribution in [0.15, 0.2) is 23.1 Å². The van der Waals surface area contributed by atoms with Crippen molar-refractivity contribution in [3.8, 4) is 0 Å². The number of nitro groups is 1. The molecule has 154 valence electrons. The van der Waals surface area contributed by atoms with Crippen LogP contribution in [0.1, 0.15) is 20.3 Å². The molecule has 10 heteroatoms. The minimum absolute atomic E-state index is 0.126. The topological polar surface area (TPSA) is 114 Å². The lowest BCUT2D eigenvalue weighted by molar-refractivity contribution is -0.384. The fraction of sp³-hybridized carbons (Fsp3) is 0.647. The Kier molecular flexibility index (Phi) is 9.64. The first-order valence-electron chi connectivity index (χ1n) is 8.88. The van der Waals surface area contributed by atoms with Crippen molar-refractivity contribution in [3.63, 3.8) is 0 Å². The van der Waals surface area contributed by atoms with Crippen LogP contribution in [0.3, 0.4) is 0 Å². The third kappa shape index (κ3) is 8.65. The van der Waals surface area contributed by atoms with Crippen LogP contribution in [0.2, 0.25) is 0 Å². The maximum atomic E-state index is 12.3. The molecule has 0 heterocycles. The van der Waals surface area contributed by atoms with Crippen LogP contribution in [0.4, 0.5) is 11.4 Å². The van der Waals surface area contributed by atoms with E-state index in [1.807, 2.05) is 19.0 Å². The number of benzene rings is 1. The van der Waals surface area contributed by atoms with Crippen molar-refractivity contribution in [1.82, 2.24) is 9.62 Å². The predicted octanol–water partition coefficient (Wildman–Crippen LogP) is 1.91. The van der Waals surface area contributed by atoms with Crippen molar-refractivity contribution in [2.24, 2.45) is 5.92 Å². The smallest absolute Gasteiger partial charge is 0.293 e. The third-order valence-electron chi connectivity index (χ3n) is 3.56. The summed E-state index contributed by atoms with van der Waals surface area (Å²) in [4.78, 5) is 12.5. The zero-order chi connectivity index (χ0) is 20.4. The van der Waals surface area contributed by atoms with Crippen molar-refractivity contribution < 1.29 is 18.1 Å². The van der Waals surface area contributed by atoms with Crippen LogP contribution in [-0.4, -0.2) is 65.2 Å². The lowest BCUT2D eigenvalue weighted by atomic mass is 10.2. The van der Waals surface area contributed by atoms with E-state index in [2.05, 4.69) is 23.9 Å². The summed E-state index contributed by atoms with van der Waals surface area (Å²) in [6.45, 7) is 6.60. The van der Waals surface area contributed by atoms with E-state index in [0.717, 1.165) is 6.07 Å². The number of ether oxygens (including phenoxy) is 1. The highest BCUT2D eigenvalue weighted by molar-refractivity contribution is 7.89. The number of hydrogen-bond acceptors (Lipinski definition) is 7. The number of nitro benzene ring substituents is 1. The Balaban J connectivity index is 2.72. The molecule has 1 rings (SSSR count). The van der Waals surface area contributed by atoms with Crippen molar-refractivity contribution in [1.29, 1.82) is 0 Å². The second-order valence-electron chi connectivity index (χ2n) is 6.89. The minimum atomic E-state index is -3.80. The molecule has 0 unspecified atom stereocenters. The molecule has 0 fully saturated rings. The van der Waals surface area contributed by atoms with Gasteiger partial charge in [0.1, 0.15) is 5.69 Å². The van der Waals surface area contributed by atoms with Crippen molar-refractivity contribution in [2.75, 3.05) is 52.3 Å². The quantitative estimate of drug-likeness (QED) is 0.294. The van der Waals surface area contributed by atoms with Crippen LogP contribution in [0, 0.1) is 16.0 Å². The molecular weight excluding hydrogens is 372 g/mol. The normalized spacial score (nSPS) is 11.9. The molecular formula is C17H30N4O5S. The summed E-state index contributed by atoms with van der Waals surface area (Å²) >= 11 is 0. The average Bonchev–Trinajstić information content (AvgIpc) is 2.57. The minimum Gasteiger partial charge on any atom is -0.381 e. The zero-order valence-electron chi connectivity index (χ0n) is 16.4. The Morgan fingerprint density at radius 2 is 1.96 bits per heavy atom. The van der Waals surface area contributed by atoms with Gasteiger partial charge in [-0.1, -0.05) is 13.8 Å². The summed E-state index contributed by atoms with van der Waals surface area (Å²) in [6.07, 6.45) is 0.690. The number of rotatable bonds is 13. The molecule has 0 spiro atoms. The molecule has 0 aliphatic rings. The molecule has 0 atom stereocenters. The van der Waals surface area contributed by atoms with E-state index in [1.54, 1.807) is 0 Å². The van der Waals surface area contributed by atoms with Crippen LogP contribution in [-0.2, 0) is 14.8 Å². The van der Waals surface area contributed by atoms with Gasteiger partial charge in [-0.15, -0.1) is 0 Å². The molecule has 1 aromatic carbocycles. The highest BCUT2D eigenvalue weighted by Crippen LogP contribution is 2.27. The number of nitrogens with one attached hydrogen (secondary N) is 2. The Labute approximate surface area is 161 Å². The molecule has 0 radical (unpaired) electrons. The van der Waals surface area contributed by atoms with Gasteiger partial charge in [0.25, 0.3) is 5.69 Å². The maximum absolute atomic E-state index is 12.3. The average molecular weight is 403 g/mol. The first-order valence-corrected chi connectivity index (χ1v) is 10.4. The summed E-state index contributed by atoms with van der Waals surface area (Å²) in [7, 11) is -0.145. The van der Waals surface area contributed by atoms with Gasteiger partial charge in [0.15, 0.2) is 0 Å². The van der Waals surface area contributed by atoms with Gasteiger partial charge < -0.3 is 15.0 Å². The van der Waals surface area contributed by atoms with E-state index in [4.69, 9.17) is 4.74 Å². The Hall–Kier alpha value is -1.75. The molecule has 0 saturated carbocycles. The highest BCUT2D eigenvalue weighted by atomic mass is 32.2. The monoisotopic (exact) mass is 402 g/mol. The summed E-state index contributed by atoms with van der Waals surface area (Å²) in [5, 5.41) is 14.3. The second-order valence-corrected chi connectivity index (χ2v) is 8.65. The molecule has 2 N–H and O–H groups in total. The van der Waals surface area contributed by atoms with Gasteiger partial charge in [0, 0.05) is 38.9 Å². The molecule has 0 saturated heterocycles. The molecule has 0 aliphatic carbocycles. The Morgan fingerprint density at radius 3 is 2.56 bits per heavy atom. The largest absolute Gasteiger partial charge is 0.381 e. The highest BCUT2D eigenvalue weighted by Gasteiger charge is 2.21. The fourth-order valence-corrected chi connectivity index (χ4v) is 3.22. The molecule has 0 amide bonds. The van der Waals surface area contributed by atoms with Gasteiger partial charge in [0.05, 0.1) is 9.82 Å². The van der Waals surface area contributed by atoms with E-state index < -0.39 is 14.9 Å². The maximum Gasteiger partial charge on any atom is 0.293 e. The van der Waals surface area contributed by atoms with E-state index in [-0.39, 0.29) is 22.8 Å². The predicted molar refractivity (Wildman–Crippen MR) is 106 cm³/mol. The van der Waals surface area contributed by atoms with Crippen molar-refractivity contribution in [2.45, 2.75) is 25.2 Å².